The number of nitrogens with zero attached hydrogens (tertiary/aromatic N) is 2. The summed E-state index contributed by atoms with van der Waals surface area (Å²) in [6.07, 6.45) is 0. The predicted molar refractivity (Wildman–Crippen MR) is 81.8 cm³/mol. The van der Waals surface area contributed by atoms with Gasteiger partial charge in [0.05, 0.1) is 5.69 Å². The summed E-state index contributed by atoms with van der Waals surface area (Å²) in [5.41, 5.74) is 3.74. The van der Waals surface area contributed by atoms with E-state index in [2.05, 4.69) is 27.3 Å². The smallest absolute Gasteiger partial charge is 0.161 e. The molecule has 0 aliphatic heterocycles. The number of hydrogen-bond acceptors (Lipinski definition) is 2. The van der Waals surface area contributed by atoms with Crippen molar-refractivity contribution in [3.05, 3.63) is 59.6 Å². The van der Waals surface area contributed by atoms with Crippen molar-refractivity contribution >= 4 is 33.5 Å². The third-order valence-corrected chi connectivity index (χ3v) is 3.66. The Morgan fingerprint density at radius 3 is 2.50 bits per heavy atom. The average molecular weight is 280 g/mol. The second-order valence-corrected chi connectivity index (χ2v) is 5.11. The first-order chi connectivity index (χ1) is 9.81. The van der Waals surface area contributed by atoms with E-state index in [0.29, 0.717) is 0 Å². The van der Waals surface area contributed by atoms with Gasteiger partial charge < -0.3 is 4.98 Å². The zero-order valence-corrected chi connectivity index (χ0v) is 11.2. The molecule has 0 atom stereocenters. The Balaban J connectivity index is 1.97. The molecule has 2 heterocycles. The quantitative estimate of drug-likeness (QED) is 0.560. The second-order valence-electron chi connectivity index (χ2n) is 4.67. The predicted octanol–water partition coefficient (Wildman–Crippen LogP) is 4.43. The van der Waals surface area contributed by atoms with Crippen molar-refractivity contribution in [1.82, 2.24) is 15.2 Å². The number of para-hydroxylation sites is 1. The molecule has 20 heavy (non-hydrogen) atoms. The van der Waals surface area contributed by atoms with E-state index in [0.717, 1.165) is 38.2 Å². The number of nitrogens with one attached hydrogen (secondary N) is 1. The van der Waals surface area contributed by atoms with E-state index in [1.165, 1.54) is 0 Å². The van der Waals surface area contributed by atoms with Gasteiger partial charge in [0.1, 0.15) is 0 Å². The molecular formula is C16H10ClN3. The van der Waals surface area contributed by atoms with Gasteiger partial charge in [-0.1, -0.05) is 41.9 Å². The summed E-state index contributed by atoms with van der Waals surface area (Å²) >= 11 is 5.91. The minimum atomic E-state index is 0.717. The highest BCUT2D eigenvalue weighted by Crippen LogP contribution is 2.27. The molecule has 0 bridgehead atoms. The van der Waals surface area contributed by atoms with Crippen LogP contribution in [0.3, 0.4) is 0 Å². The van der Waals surface area contributed by atoms with Crippen molar-refractivity contribution in [3.8, 4) is 11.3 Å². The zero-order valence-electron chi connectivity index (χ0n) is 10.5. The van der Waals surface area contributed by atoms with Crippen molar-refractivity contribution in [1.29, 1.82) is 0 Å². The van der Waals surface area contributed by atoms with Crippen LogP contribution in [0.4, 0.5) is 0 Å². The summed E-state index contributed by atoms with van der Waals surface area (Å²) in [7, 11) is 0. The van der Waals surface area contributed by atoms with Gasteiger partial charge in [-0.2, -0.15) is 0 Å². The lowest BCUT2D eigenvalue weighted by molar-refractivity contribution is 1.07. The van der Waals surface area contributed by atoms with E-state index >= 15 is 0 Å². The number of H-pyrrole nitrogens is 1. The zero-order chi connectivity index (χ0) is 13.5. The molecule has 3 nitrogen and oxygen atoms in total. The molecular weight excluding hydrogens is 270 g/mol. The molecule has 0 saturated carbocycles. The van der Waals surface area contributed by atoms with E-state index < -0.39 is 0 Å². The monoisotopic (exact) mass is 279 g/mol. The van der Waals surface area contributed by atoms with Crippen LogP contribution >= 0.6 is 11.6 Å². The number of fused-ring (bicyclic) bond motifs is 3. The lowest BCUT2D eigenvalue weighted by Gasteiger charge is -2.00. The standard InChI is InChI=1S/C16H10ClN3/c17-11-7-5-10(6-8-11)15-9-13-12-3-1-2-4-14(12)18-16(13)20-19-15/h1-9H,(H,18,20). The normalized spacial score (nSPS) is 11.2. The molecule has 2 aromatic heterocycles. The van der Waals surface area contributed by atoms with E-state index in [1.54, 1.807) is 0 Å². The first-order valence-electron chi connectivity index (χ1n) is 6.31. The molecule has 0 aliphatic carbocycles. The van der Waals surface area contributed by atoms with Gasteiger partial charge in [0.2, 0.25) is 0 Å². The highest BCUT2D eigenvalue weighted by molar-refractivity contribution is 6.30. The Hall–Kier alpha value is -2.39. The van der Waals surface area contributed by atoms with Crippen molar-refractivity contribution < 1.29 is 0 Å². The third kappa shape index (κ3) is 1.75. The van der Waals surface area contributed by atoms with Crippen molar-refractivity contribution in [2.75, 3.05) is 0 Å². The van der Waals surface area contributed by atoms with Gasteiger partial charge in [0.15, 0.2) is 5.65 Å². The second kappa shape index (κ2) is 4.32. The third-order valence-electron chi connectivity index (χ3n) is 3.40. The molecule has 4 heteroatoms. The van der Waals surface area contributed by atoms with Gasteiger partial charge in [0.25, 0.3) is 0 Å². The minimum absolute atomic E-state index is 0.717. The molecule has 0 amide bonds. The molecule has 2 aromatic carbocycles. The highest BCUT2D eigenvalue weighted by Gasteiger charge is 2.08. The molecule has 0 saturated heterocycles. The topological polar surface area (TPSA) is 41.6 Å². The van der Waals surface area contributed by atoms with Crippen LogP contribution in [-0.4, -0.2) is 15.2 Å². The van der Waals surface area contributed by atoms with E-state index in [9.17, 15) is 0 Å². The first kappa shape index (κ1) is 11.4. The van der Waals surface area contributed by atoms with Gasteiger partial charge in [-0.25, -0.2) is 0 Å². The summed E-state index contributed by atoms with van der Waals surface area (Å²) in [4.78, 5) is 3.27. The number of halogens is 1. The SMILES string of the molecule is Clc1ccc(-c2cc3c(nn2)[nH]c2ccccc23)cc1. The van der Waals surface area contributed by atoms with Gasteiger partial charge in [-0.15, -0.1) is 10.2 Å². The summed E-state index contributed by atoms with van der Waals surface area (Å²) in [5.74, 6) is 0. The number of aromatic nitrogens is 3. The van der Waals surface area contributed by atoms with Gasteiger partial charge >= 0.3 is 0 Å². The van der Waals surface area contributed by atoms with Crippen molar-refractivity contribution in [3.63, 3.8) is 0 Å². The van der Waals surface area contributed by atoms with Crippen LogP contribution in [-0.2, 0) is 0 Å². The van der Waals surface area contributed by atoms with Crippen molar-refractivity contribution in [2.24, 2.45) is 0 Å². The van der Waals surface area contributed by atoms with Gasteiger partial charge in [-0.3, -0.25) is 0 Å². The Morgan fingerprint density at radius 2 is 1.65 bits per heavy atom. The van der Waals surface area contributed by atoms with E-state index in [4.69, 9.17) is 11.6 Å². The van der Waals surface area contributed by atoms with Crippen LogP contribution in [0.15, 0.2) is 54.6 Å². The molecule has 4 aromatic rings. The van der Waals surface area contributed by atoms with Crippen LogP contribution in [0.25, 0.3) is 33.2 Å². The number of rotatable bonds is 1. The van der Waals surface area contributed by atoms with E-state index in [-0.39, 0.29) is 0 Å². The molecule has 0 unspecified atom stereocenters. The fourth-order valence-electron chi connectivity index (χ4n) is 2.41. The van der Waals surface area contributed by atoms with Gasteiger partial charge in [0, 0.05) is 26.9 Å². The number of aromatic amines is 1. The maximum absolute atomic E-state index is 5.91. The molecule has 96 valence electrons. The number of hydrogen-bond donors (Lipinski definition) is 1. The van der Waals surface area contributed by atoms with Crippen LogP contribution in [0.5, 0.6) is 0 Å². The van der Waals surface area contributed by atoms with Crippen LogP contribution < -0.4 is 0 Å². The molecule has 4 rings (SSSR count). The fraction of sp³-hybridized carbons (Fsp3) is 0. The molecule has 1 N–H and O–H groups in total. The fourth-order valence-corrected chi connectivity index (χ4v) is 2.53. The first-order valence-corrected chi connectivity index (χ1v) is 6.69. The Morgan fingerprint density at radius 1 is 0.850 bits per heavy atom. The van der Waals surface area contributed by atoms with Crippen LogP contribution in [0, 0.1) is 0 Å². The largest absolute Gasteiger partial charge is 0.338 e. The number of benzene rings is 2. The van der Waals surface area contributed by atoms with Crippen molar-refractivity contribution in [2.45, 2.75) is 0 Å². The summed E-state index contributed by atoms with van der Waals surface area (Å²) in [6.45, 7) is 0. The van der Waals surface area contributed by atoms with Crippen LogP contribution in [0.2, 0.25) is 5.02 Å². The molecule has 0 radical (unpaired) electrons. The maximum atomic E-state index is 5.91. The average Bonchev–Trinajstić information content (AvgIpc) is 2.86. The lowest BCUT2D eigenvalue weighted by Crippen LogP contribution is -1.87. The van der Waals surface area contributed by atoms with Crippen LogP contribution in [0.1, 0.15) is 0 Å². The Kier molecular flexibility index (Phi) is 2.47. The highest BCUT2D eigenvalue weighted by atomic mass is 35.5. The summed E-state index contributed by atoms with van der Waals surface area (Å²) in [6, 6.07) is 17.8. The minimum Gasteiger partial charge on any atom is -0.338 e. The maximum Gasteiger partial charge on any atom is 0.161 e. The summed E-state index contributed by atoms with van der Waals surface area (Å²) < 4.78 is 0. The molecule has 0 spiro atoms. The Bertz CT molecular complexity index is 910. The van der Waals surface area contributed by atoms with Gasteiger partial charge in [-0.05, 0) is 24.3 Å². The molecule has 0 aliphatic rings. The summed E-state index contributed by atoms with van der Waals surface area (Å²) in [5, 5.41) is 11.5. The van der Waals surface area contributed by atoms with E-state index in [1.807, 2.05) is 42.5 Å². The molecule has 0 fully saturated rings. The lowest BCUT2D eigenvalue weighted by atomic mass is 10.1. The Labute approximate surface area is 120 Å².